The zero-order valence-electron chi connectivity index (χ0n) is 9.83. The van der Waals surface area contributed by atoms with Crippen molar-refractivity contribution >= 4 is 18.5 Å². The lowest BCUT2D eigenvalue weighted by Crippen LogP contribution is -2.21. The van der Waals surface area contributed by atoms with Gasteiger partial charge in [0.15, 0.2) is 0 Å². The normalized spacial score (nSPS) is 13.0. The van der Waals surface area contributed by atoms with Crippen molar-refractivity contribution in [2.75, 3.05) is 12.8 Å². The van der Waals surface area contributed by atoms with Gasteiger partial charge in [0.2, 0.25) is 5.91 Å². The van der Waals surface area contributed by atoms with Gasteiger partial charge >= 0.3 is 0 Å². The van der Waals surface area contributed by atoms with Gasteiger partial charge in [0, 0.05) is 13.5 Å². The van der Waals surface area contributed by atoms with Crippen molar-refractivity contribution in [1.29, 1.82) is 0 Å². The Balaban J connectivity index is 3.72. The fourth-order valence-corrected chi connectivity index (χ4v) is 1.59. The van der Waals surface area contributed by atoms with E-state index in [1.807, 2.05) is 0 Å². The molecule has 0 aromatic carbocycles. The van der Waals surface area contributed by atoms with Crippen molar-refractivity contribution in [1.82, 2.24) is 5.32 Å². The van der Waals surface area contributed by atoms with Crippen LogP contribution in [0.3, 0.4) is 0 Å². The predicted molar refractivity (Wildman–Crippen MR) is 69.3 cm³/mol. The summed E-state index contributed by atoms with van der Waals surface area (Å²) < 4.78 is 0. The molecule has 0 aliphatic rings. The number of unbranched alkanes of at least 4 members (excludes halogenated alkanes) is 3. The summed E-state index contributed by atoms with van der Waals surface area (Å²) in [4.78, 5) is 11.1. The molecule has 15 heavy (non-hydrogen) atoms. The van der Waals surface area contributed by atoms with E-state index in [9.17, 15) is 4.79 Å². The largest absolute Gasteiger partial charge is 0.359 e. The van der Waals surface area contributed by atoms with Gasteiger partial charge in [0.25, 0.3) is 0 Å². The van der Waals surface area contributed by atoms with Crippen LogP contribution >= 0.6 is 12.6 Å². The Morgan fingerprint density at radius 2 is 2.20 bits per heavy atom. The smallest absolute Gasteiger partial charge is 0.220 e. The van der Waals surface area contributed by atoms with E-state index >= 15 is 0 Å². The van der Waals surface area contributed by atoms with Gasteiger partial charge in [-0.05, 0) is 24.5 Å². The average molecular weight is 229 g/mol. The first-order chi connectivity index (χ1) is 7.24. The van der Waals surface area contributed by atoms with Gasteiger partial charge in [0.05, 0.1) is 0 Å². The van der Waals surface area contributed by atoms with Crippen molar-refractivity contribution in [3.8, 4) is 0 Å². The molecule has 0 heterocycles. The number of amides is 1. The molecule has 88 valence electrons. The second-order valence-electron chi connectivity index (χ2n) is 3.74. The number of rotatable bonds is 8. The Bertz CT molecular complexity index is 192. The first kappa shape index (κ1) is 14.6. The summed E-state index contributed by atoms with van der Waals surface area (Å²) in [6.45, 7) is 2.20. The van der Waals surface area contributed by atoms with Crippen LogP contribution < -0.4 is 5.32 Å². The Labute approximate surface area is 98.9 Å². The van der Waals surface area contributed by atoms with Gasteiger partial charge in [0.1, 0.15) is 0 Å². The molecule has 0 aromatic heterocycles. The Hall–Kier alpha value is -0.440. The van der Waals surface area contributed by atoms with Crippen LogP contribution in [0.1, 0.15) is 39.0 Å². The van der Waals surface area contributed by atoms with E-state index in [1.54, 1.807) is 7.05 Å². The highest BCUT2D eigenvalue weighted by Gasteiger charge is 2.07. The fourth-order valence-electron chi connectivity index (χ4n) is 1.33. The third-order valence-corrected chi connectivity index (χ3v) is 2.81. The minimum atomic E-state index is 0.0901. The van der Waals surface area contributed by atoms with Crippen LogP contribution in [0.15, 0.2) is 12.2 Å². The van der Waals surface area contributed by atoms with E-state index < -0.39 is 0 Å². The number of carbonyl (C=O) groups excluding carboxylic acids is 1. The van der Waals surface area contributed by atoms with Gasteiger partial charge in [-0.25, -0.2) is 0 Å². The highest BCUT2D eigenvalue weighted by Crippen LogP contribution is 2.09. The van der Waals surface area contributed by atoms with Crippen LogP contribution in [0, 0.1) is 5.92 Å². The van der Waals surface area contributed by atoms with E-state index in [2.05, 4.69) is 37.0 Å². The van der Waals surface area contributed by atoms with E-state index in [4.69, 9.17) is 0 Å². The summed E-state index contributed by atoms with van der Waals surface area (Å²) in [5.74, 6) is 1.10. The number of nitrogens with one attached hydrogen (secondary N) is 1. The zero-order valence-corrected chi connectivity index (χ0v) is 10.7. The summed E-state index contributed by atoms with van der Waals surface area (Å²) in [6, 6.07) is 0. The van der Waals surface area contributed by atoms with Crippen molar-refractivity contribution in [2.24, 2.45) is 5.92 Å². The monoisotopic (exact) mass is 229 g/mol. The lowest BCUT2D eigenvalue weighted by Gasteiger charge is -2.07. The zero-order chi connectivity index (χ0) is 11.5. The molecule has 0 bridgehead atoms. The molecule has 3 heteroatoms. The summed E-state index contributed by atoms with van der Waals surface area (Å²) >= 11 is 4.24. The van der Waals surface area contributed by atoms with Crippen molar-refractivity contribution in [3.63, 3.8) is 0 Å². The first-order valence-corrected chi connectivity index (χ1v) is 6.35. The third-order valence-electron chi connectivity index (χ3n) is 2.34. The van der Waals surface area contributed by atoms with Gasteiger partial charge in [-0.1, -0.05) is 31.9 Å². The Kier molecular flexibility index (Phi) is 9.79. The van der Waals surface area contributed by atoms with E-state index in [0.29, 0.717) is 6.42 Å². The van der Waals surface area contributed by atoms with Crippen LogP contribution in [0.2, 0.25) is 0 Å². The number of hydrogen-bond donors (Lipinski definition) is 2. The molecule has 0 aliphatic carbocycles. The molecular weight excluding hydrogens is 206 g/mol. The molecule has 0 aliphatic heterocycles. The number of hydrogen-bond acceptors (Lipinski definition) is 2. The topological polar surface area (TPSA) is 29.1 Å². The molecular formula is C12H23NOS. The number of carbonyl (C=O) groups is 1. The van der Waals surface area contributed by atoms with E-state index in [0.717, 1.165) is 12.2 Å². The highest BCUT2D eigenvalue weighted by molar-refractivity contribution is 7.80. The van der Waals surface area contributed by atoms with Gasteiger partial charge in [-0.2, -0.15) is 12.6 Å². The molecule has 0 rings (SSSR count). The van der Waals surface area contributed by atoms with Crippen LogP contribution in [-0.4, -0.2) is 18.7 Å². The molecule has 0 saturated carbocycles. The summed E-state index contributed by atoms with van der Waals surface area (Å²) in [6.07, 6.45) is 9.74. The maximum atomic E-state index is 11.1. The summed E-state index contributed by atoms with van der Waals surface area (Å²) in [5, 5.41) is 2.63. The quantitative estimate of drug-likeness (QED) is 0.374. The average Bonchev–Trinajstić information content (AvgIpc) is 2.26. The van der Waals surface area contributed by atoms with Crippen LogP contribution in [0.25, 0.3) is 0 Å². The summed E-state index contributed by atoms with van der Waals surface area (Å²) in [5.41, 5.74) is 0. The Morgan fingerprint density at radius 3 is 2.73 bits per heavy atom. The maximum absolute atomic E-state index is 11.1. The maximum Gasteiger partial charge on any atom is 0.220 e. The number of allylic oxidation sites excluding steroid dienone is 2. The molecule has 1 N–H and O–H groups in total. The second-order valence-corrected chi connectivity index (χ2v) is 4.11. The first-order valence-electron chi connectivity index (χ1n) is 5.72. The van der Waals surface area contributed by atoms with Crippen molar-refractivity contribution in [3.05, 3.63) is 12.2 Å². The molecule has 1 unspecified atom stereocenters. The minimum Gasteiger partial charge on any atom is -0.359 e. The Morgan fingerprint density at radius 1 is 1.47 bits per heavy atom. The third kappa shape index (κ3) is 8.55. The second kappa shape index (κ2) is 10.1. The molecule has 0 aromatic rings. The van der Waals surface area contributed by atoms with Crippen LogP contribution in [0.4, 0.5) is 0 Å². The molecule has 1 atom stereocenters. The van der Waals surface area contributed by atoms with E-state index in [-0.39, 0.29) is 11.8 Å². The van der Waals surface area contributed by atoms with Gasteiger partial charge < -0.3 is 5.32 Å². The summed E-state index contributed by atoms with van der Waals surface area (Å²) in [7, 11) is 1.67. The van der Waals surface area contributed by atoms with Crippen LogP contribution in [-0.2, 0) is 4.79 Å². The molecule has 1 amide bonds. The fraction of sp³-hybridized carbons (Fsp3) is 0.750. The minimum absolute atomic E-state index is 0.0901. The van der Waals surface area contributed by atoms with Gasteiger partial charge in [-0.15, -0.1) is 0 Å². The molecule has 0 saturated heterocycles. The van der Waals surface area contributed by atoms with Crippen molar-refractivity contribution < 1.29 is 4.79 Å². The predicted octanol–water partition coefficient (Wildman–Crippen LogP) is 2.81. The molecule has 0 fully saturated rings. The highest BCUT2D eigenvalue weighted by atomic mass is 32.1. The van der Waals surface area contributed by atoms with Gasteiger partial charge in [-0.3, -0.25) is 4.79 Å². The standard InChI is InChI=1S/C12H23NOS/c1-3-4-5-6-7-8-11(10-15)9-12(14)13-2/h7-8,11,15H,3-6,9-10H2,1-2H3,(H,13,14). The number of thiol groups is 1. The molecule has 2 nitrogen and oxygen atoms in total. The lowest BCUT2D eigenvalue weighted by atomic mass is 10.1. The SMILES string of the molecule is CCCCCC=CC(CS)CC(=O)NC. The van der Waals surface area contributed by atoms with Crippen molar-refractivity contribution in [2.45, 2.75) is 39.0 Å². The lowest BCUT2D eigenvalue weighted by molar-refractivity contribution is -0.121. The van der Waals surface area contributed by atoms with Crippen LogP contribution in [0.5, 0.6) is 0 Å². The molecule has 0 spiro atoms. The van der Waals surface area contributed by atoms with E-state index in [1.165, 1.54) is 19.3 Å². The molecule has 0 radical (unpaired) electrons.